The number of hydrogen-bond donors (Lipinski definition) is 1. The number of aryl methyl sites for hydroxylation is 1. The molecule has 1 aromatic heterocycles. The fourth-order valence-corrected chi connectivity index (χ4v) is 5.74. The molecule has 5 aromatic carbocycles. The molecule has 1 aliphatic rings. The van der Waals surface area contributed by atoms with Gasteiger partial charge >= 0.3 is 0 Å². The summed E-state index contributed by atoms with van der Waals surface area (Å²) in [5, 5.41) is 15.8. The summed E-state index contributed by atoms with van der Waals surface area (Å²) in [6.07, 6.45) is 2.09. The molecule has 0 saturated heterocycles. The zero-order valence-electron chi connectivity index (χ0n) is 21.2. The average Bonchev–Trinajstić information content (AvgIpc) is 3.43. The number of aromatic nitrogens is 1. The Labute approximate surface area is 220 Å². The van der Waals surface area contributed by atoms with Crippen LogP contribution in [0.2, 0.25) is 0 Å². The number of aliphatic hydroxyl groups is 1. The van der Waals surface area contributed by atoms with E-state index in [0.717, 1.165) is 66.2 Å². The van der Waals surface area contributed by atoms with Gasteiger partial charge in [-0.1, -0.05) is 60.7 Å². The molecule has 2 heterocycles. The molecule has 0 amide bonds. The van der Waals surface area contributed by atoms with E-state index in [0.29, 0.717) is 5.75 Å². The Bertz CT molecular complexity index is 1860. The second kappa shape index (κ2) is 8.75. The molecule has 186 valence electrons. The molecule has 7 rings (SSSR count). The van der Waals surface area contributed by atoms with Crippen molar-refractivity contribution in [1.29, 1.82) is 0 Å². The Balaban J connectivity index is 1.50. The molecule has 0 spiro atoms. The van der Waals surface area contributed by atoms with Crippen LogP contribution in [-0.4, -0.2) is 19.0 Å². The Morgan fingerprint density at radius 2 is 1.47 bits per heavy atom. The molecular formula is C33H26NO4+. The number of hydrogen-bond acceptors (Lipinski definition) is 4. The van der Waals surface area contributed by atoms with Crippen molar-refractivity contribution in [3.8, 4) is 39.5 Å². The van der Waals surface area contributed by atoms with Crippen LogP contribution in [0.25, 0.3) is 54.7 Å². The van der Waals surface area contributed by atoms with Crippen LogP contribution in [0.3, 0.4) is 0 Å². The lowest BCUT2D eigenvalue weighted by molar-refractivity contribution is -0.642. The molecule has 0 saturated carbocycles. The van der Waals surface area contributed by atoms with Crippen molar-refractivity contribution in [1.82, 2.24) is 0 Å². The molecule has 0 aliphatic carbocycles. The van der Waals surface area contributed by atoms with Crippen LogP contribution in [0.4, 0.5) is 0 Å². The first-order valence-corrected chi connectivity index (χ1v) is 12.6. The van der Waals surface area contributed by atoms with Crippen molar-refractivity contribution < 1.29 is 23.9 Å². The minimum Gasteiger partial charge on any atom is -0.495 e. The molecule has 0 radical (unpaired) electrons. The minimum absolute atomic E-state index is 0.127. The van der Waals surface area contributed by atoms with E-state index in [-0.39, 0.29) is 13.4 Å². The van der Waals surface area contributed by atoms with Gasteiger partial charge in [0.2, 0.25) is 12.3 Å². The van der Waals surface area contributed by atoms with E-state index < -0.39 is 0 Å². The molecular weight excluding hydrogens is 474 g/mol. The second-order valence-electron chi connectivity index (χ2n) is 9.63. The summed E-state index contributed by atoms with van der Waals surface area (Å²) in [6, 6.07) is 29.4. The largest absolute Gasteiger partial charge is 0.495 e. The summed E-state index contributed by atoms with van der Waals surface area (Å²) in [5.74, 6) is 2.23. The monoisotopic (exact) mass is 500 g/mol. The summed E-state index contributed by atoms with van der Waals surface area (Å²) < 4.78 is 19.4. The van der Waals surface area contributed by atoms with Crippen molar-refractivity contribution in [2.45, 2.75) is 6.61 Å². The maximum Gasteiger partial charge on any atom is 0.231 e. The van der Waals surface area contributed by atoms with Gasteiger partial charge in [0.1, 0.15) is 12.8 Å². The summed E-state index contributed by atoms with van der Waals surface area (Å²) >= 11 is 0. The number of pyridine rings is 1. The van der Waals surface area contributed by atoms with E-state index in [1.165, 1.54) is 5.56 Å². The second-order valence-corrected chi connectivity index (χ2v) is 9.63. The molecule has 0 bridgehead atoms. The third kappa shape index (κ3) is 3.40. The summed E-state index contributed by atoms with van der Waals surface area (Å²) in [5.41, 5.74) is 6.17. The average molecular weight is 501 g/mol. The van der Waals surface area contributed by atoms with Crippen LogP contribution < -0.4 is 18.8 Å². The normalized spacial score (nSPS) is 12.5. The highest BCUT2D eigenvalue weighted by atomic mass is 16.7. The van der Waals surface area contributed by atoms with Crippen LogP contribution in [0.5, 0.6) is 17.2 Å². The molecule has 0 unspecified atom stereocenters. The number of ether oxygens (including phenoxy) is 3. The van der Waals surface area contributed by atoms with Gasteiger partial charge in [0, 0.05) is 10.9 Å². The predicted octanol–water partition coefficient (Wildman–Crippen LogP) is 6.53. The molecule has 0 atom stereocenters. The van der Waals surface area contributed by atoms with Crippen molar-refractivity contribution in [2.75, 3.05) is 13.9 Å². The molecule has 38 heavy (non-hydrogen) atoms. The Morgan fingerprint density at radius 3 is 2.21 bits per heavy atom. The number of aliphatic hydroxyl groups excluding tert-OH is 1. The van der Waals surface area contributed by atoms with Crippen LogP contribution in [0.1, 0.15) is 5.56 Å². The number of nitrogens with zero attached hydrogens (tertiary/aromatic N) is 1. The third-order valence-corrected chi connectivity index (χ3v) is 7.54. The number of methoxy groups -OCH3 is 1. The molecule has 1 aliphatic heterocycles. The standard InChI is InChI=1S/C33H26NO4/c1-34-17-28-27(24-13-12-23-14-30-31(38-19-37-30)16-26(23)32(24)34)15-25(29(18-35)33(28)36-2)22-10-8-21(9-11-22)20-6-4-3-5-7-20/h3-17,35H,18-19H2,1-2H3/q+1. The van der Waals surface area contributed by atoms with Gasteiger partial charge in [-0.2, -0.15) is 4.57 Å². The minimum atomic E-state index is -0.127. The van der Waals surface area contributed by atoms with Crippen molar-refractivity contribution in [3.63, 3.8) is 0 Å². The molecule has 0 fully saturated rings. The molecule has 1 N–H and O–H groups in total. The van der Waals surface area contributed by atoms with Crippen molar-refractivity contribution in [2.24, 2.45) is 7.05 Å². The lowest BCUT2D eigenvalue weighted by Crippen LogP contribution is -2.28. The van der Waals surface area contributed by atoms with Gasteiger partial charge in [0.05, 0.1) is 29.9 Å². The van der Waals surface area contributed by atoms with Gasteiger partial charge in [0.25, 0.3) is 0 Å². The zero-order valence-corrected chi connectivity index (χ0v) is 21.2. The SMILES string of the molecule is COc1c(CO)c(-c2ccc(-c3ccccc3)cc2)cc2c1c[n+](C)c1c3cc4c(cc3ccc21)OCO4. The topological polar surface area (TPSA) is 51.8 Å². The highest BCUT2D eigenvalue weighted by molar-refractivity contribution is 6.16. The van der Waals surface area contributed by atoms with E-state index in [4.69, 9.17) is 14.2 Å². The fourth-order valence-electron chi connectivity index (χ4n) is 5.74. The summed E-state index contributed by atoms with van der Waals surface area (Å²) in [4.78, 5) is 0. The van der Waals surface area contributed by atoms with E-state index in [1.807, 2.05) is 31.3 Å². The van der Waals surface area contributed by atoms with Crippen LogP contribution in [0, 0.1) is 0 Å². The van der Waals surface area contributed by atoms with Gasteiger partial charge < -0.3 is 19.3 Å². The van der Waals surface area contributed by atoms with E-state index in [1.54, 1.807) is 7.11 Å². The van der Waals surface area contributed by atoms with Gasteiger partial charge in [-0.3, -0.25) is 0 Å². The third-order valence-electron chi connectivity index (χ3n) is 7.54. The smallest absolute Gasteiger partial charge is 0.231 e. The lowest BCUT2D eigenvalue weighted by atomic mass is 9.92. The fraction of sp³-hybridized carbons (Fsp3) is 0.121. The first-order valence-electron chi connectivity index (χ1n) is 12.6. The van der Waals surface area contributed by atoms with Crippen LogP contribution >= 0.6 is 0 Å². The lowest BCUT2D eigenvalue weighted by Gasteiger charge is -2.17. The summed E-state index contributed by atoms with van der Waals surface area (Å²) in [6.45, 7) is 0.115. The van der Waals surface area contributed by atoms with Crippen LogP contribution in [0.15, 0.2) is 91.1 Å². The van der Waals surface area contributed by atoms with Gasteiger partial charge in [-0.05, 0) is 51.9 Å². The zero-order chi connectivity index (χ0) is 25.8. The van der Waals surface area contributed by atoms with Gasteiger partial charge in [-0.15, -0.1) is 0 Å². The maximum atomic E-state index is 10.5. The molecule has 5 heteroatoms. The van der Waals surface area contributed by atoms with E-state index in [2.05, 4.69) is 71.4 Å². The number of benzene rings is 5. The first-order chi connectivity index (χ1) is 18.7. The summed E-state index contributed by atoms with van der Waals surface area (Å²) in [7, 11) is 3.71. The highest BCUT2D eigenvalue weighted by Crippen LogP contribution is 2.43. The van der Waals surface area contributed by atoms with Crippen molar-refractivity contribution in [3.05, 3.63) is 96.7 Å². The number of fused-ring (bicyclic) bond motifs is 6. The Kier molecular flexibility index (Phi) is 5.20. The van der Waals surface area contributed by atoms with Crippen molar-refractivity contribution >= 4 is 32.4 Å². The Hall–Kier alpha value is -4.61. The quantitative estimate of drug-likeness (QED) is 0.221. The molecule has 5 nitrogen and oxygen atoms in total. The van der Waals surface area contributed by atoms with Gasteiger partial charge in [0.15, 0.2) is 17.7 Å². The van der Waals surface area contributed by atoms with Gasteiger partial charge in [-0.25, -0.2) is 0 Å². The first kappa shape index (κ1) is 22.6. The highest BCUT2D eigenvalue weighted by Gasteiger charge is 2.23. The van der Waals surface area contributed by atoms with E-state index in [9.17, 15) is 5.11 Å². The number of rotatable bonds is 4. The Morgan fingerprint density at radius 1 is 0.763 bits per heavy atom. The van der Waals surface area contributed by atoms with E-state index >= 15 is 0 Å². The maximum absolute atomic E-state index is 10.5. The van der Waals surface area contributed by atoms with Crippen LogP contribution in [-0.2, 0) is 13.7 Å². The predicted molar refractivity (Wildman–Crippen MR) is 150 cm³/mol. The molecule has 6 aromatic rings.